The maximum Gasteiger partial charge on any atom is 0.242 e. The number of hydrogen-bond donors (Lipinski definition) is 2. The molecule has 0 aromatic heterocycles. The molecule has 1 atom stereocenters. The second-order valence-electron chi connectivity index (χ2n) is 4.13. The summed E-state index contributed by atoms with van der Waals surface area (Å²) in [5, 5.41) is 6.95. The van der Waals surface area contributed by atoms with Crippen molar-refractivity contribution >= 4 is 34.8 Å². The van der Waals surface area contributed by atoms with E-state index in [2.05, 4.69) is 10.6 Å². The van der Waals surface area contributed by atoms with Crippen molar-refractivity contribution in [1.29, 1.82) is 0 Å². The van der Waals surface area contributed by atoms with Crippen LogP contribution in [0.4, 0.5) is 5.69 Å². The van der Waals surface area contributed by atoms with E-state index in [4.69, 9.17) is 27.9 Å². The van der Waals surface area contributed by atoms with Gasteiger partial charge in [0.05, 0.1) is 10.7 Å². The zero-order chi connectivity index (χ0) is 14.3. The van der Waals surface area contributed by atoms with Crippen LogP contribution in [0.2, 0.25) is 10.0 Å². The van der Waals surface area contributed by atoms with Crippen LogP contribution in [0.1, 0.15) is 13.3 Å². The monoisotopic (exact) mass is 304 g/mol. The highest BCUT2D eigenvalue weighted by Gasteiger charge is 2.13. The molecule has 106 valence electrons. The van der Waals surface area contributed by atoms with Crippen LogP contribution in [0.5, 0.6) is 0 Å². The van der Waals surface area contributed by atoms with Crippen molar-refractivity contribution in [1.82, 2.24) is 5.32 Å². The molecule has 2 N–H and O–H groups in total. The van der Waals surface area contributed by atoms with Crippen LogP contribution in [-0.2, 0) is 9.53 Å². The number of rotatable bonds is 7. The molecule has 1 aromatic rings. The molecule has 0 fully saturated rings. The summed E-state index contributed by atoms with van der Waals surface area (Å²) < 4.78 is 4.91. The Bertz CT molecular complexity index is 427. The Labute approximate surface area is 123 Å². The molecule has 6 heteroatoms. The Hall–Kier alpha value is -0.970. The van der Waals surface area contributed by atoms with Gasteiger partial charge in [0, 0.05) is 25.3 Å². The molecule has 1 rings (SSSR count). The smallest absolute Gasteiger partial charge is 0.242 e. The number of anilines is 1. The quantitative estimate of drug-likeness (QED) is 0.762. The molecule has 1 amide bonds. The van der Waals surface area contributed by atoms with Gasteiger partial charge in [-0.25, -0.2) is 0 Å². The number of carbonyl (C=O) groups is 1. The van der Waals surface area contributed by atoms with Crippen LogP contribution in [0.15, 0.2) is 18.2 Å². The summed E-state index contributed by atoms with van der Waals surface area (Å²) >= 11 is 11.9. The molecule has 1 unspecified atom stereocenters. The van der Waals surface area contributed by atoms with Crippen molar-refractivity contribution in [3.8, 4) is 0 Å². The maximum absolute atomic E-state index is 11.8. The minimum atomic E-state index is -0.390. The van der Waals surface area contributed by atoms with Crippen LogP contribution in [0.25, 0.3) is 0 Å². The van der Waals surface area contributed by atoms with Crippen LogP contribution in [0.3, 0.4) is 0 Å². The summed E-state index contributed by atoms with van der Waals surface area (Å²) in [5.41, 5.74) is 0.647. The lowest BCUT2D eigenvalue weighted by Crippen LogP contribution is -2.38. The number of amides is 1. The van der Waals surface area contributed by atoms with E-state index in [0.717, 1.165) is 6.42 Å². The predicted molar refractivity (Wildman–Crippen MR) is 79.0 cm³/mol. The summed E-state index contributed by atoms with van der Waals surface area (Å²) in [4.78, 5) is 11.8. The first-order valence-corrected chi connectivity index (χ1v) is 6.78. The van der Waals surface area contributed by atoms with Crippen molar-refractivity contribution in [2.45, 2.75) is 19.4 Å². The van der Waals surface area contributed by atoms with E-state index in [-0.39, 0.29) is 5.91 Å². The molecule has 0 heterocycles. The lowest BCUT2D eigenvalue weighted by atomic mass is 10.2. The highest BCUT2D eigenvalue weighted by molar-refractivity contribution is 6.35. The molecule has 0 aliphatic heterocycles. The van der Waals surface area contributed by atoms with Crippen LogP contribution in [0, 0.1) is 0 Å². The Morgan fingerprint density at radius 2 is 2.16 bits per heavy atom. The van der Waals surface area contributed by atoms with Gasteiger partial charge in [0.1, 0.15) is 6.04 Å². The summed E-state index contributed by atoms with van der Waals surface area (Å²) in [6, 6.07) is 4.69. The number of nitrogens with one attached hydrogen (secondary N) is 2. The number of benzene rings is 1. The molecular weight excluding hydrogens is 287 g/mol. The van der Waals surface area contributed by atoms with E-state index in [0.29, 0.717) is 28.9 Å². The lowest BCUT2D eigenvalue weighted by Gasteiger charge is -2.16. The van der Waals surface area contributed by atoms with E-state index in [1.54, 1.807) is 32.2 Å². The predicted octanol–water partition coefficient (Wildman–Crippen LogP) is 2.95. The second-order valence-corrected chi connectivity index (χ2v) is 4.97. The van der Waals surface area contributed by atoms with E-state index in [9.17, 15) is 4.79 Å². The van der Waals surface area contributed by atoms with Crippen molar-refractivity contribution in [3.05, 3.63) is 28.2 Å². The molecule has 0 bridgehead atoms. The zero-order valence-electron chi connectivity index (χ0n) is 11.0. The molecule has 0 spiro atoms. The Kier molecular flexibility index (Phi) is 6.99. The van der Waals surface area contributed by atoms with Gasteiger partial charge < -0.3 is 15.4 Å². The largest absolute Gasteiger partial charge is 0.385 e. The minimum Gasteiger partial charge on any atom is -0.385 e. The number of ether oxygens (including phenoxy) is 1. The van der Waals surface area contributed by atoms with Gasteiger partial charge in [-0.2, -0.15) is 0 Å². The van der Waals surface area contributed by atoms with Crippen molar-refractivity contribution in [2.24, 2.45) is 0 Å². The van der Waals surface area contributed by atoms with Gasteiger partial charge in [-0.3, -0.25) is 4.79 Å². The van der Waals surface area contributed by atoms with Crippen molar-refractivity contribution < 1.29 is 9.53 Å². The normalized spacial score (nSPS) is 12.0. The maximum atomic E-state index is 11.8. The standard InChI is InChI=1S/C13H18Cl2N2O2/c1-9(13(18)16-6-3-7-19-2)17-12-8-10(14)4-5-11(12)15/h4-5,8-9,17H,3,6-7H2,1-2H3,(H,16,18). The van der Waals surface area contributed by atoms with Gasteiger partial charge in [-0.05, 0) is 31.5 Å². The van der Waals surface area contributed by atoms with Crippen molar-refractivity contribution in [2.75, 3.05) is 25.6 Å². The van der Waals surface area contributed by atoms with Gasteiger partial charge in [0.2, 0.25) is 5.91 Å². The average molecular weight is 305 g/mol. The third-order valence-electron chi connectivity index (χ3n) is 2.52. The van der Waals surface area contributed by atoms with Crippen LogP contribution >= 0.6 is 23.2 Å². The van der Waals surface area contributed by atoms with E-state index >= 15 is 0 Å². The van der Waals surface area contributed by atoms with Gasteiger partial charge in [-0.15, -0.1) is 0 Å². The van der Waals surface area contributed by atoms with Gasteiger partial charge in [0.15, 0.2) is 0 Å². The molecule has 0 saturated heterocycles. The highest BCUT2D eigenvalue weighted by atomic mass is 35.5. The number of halogens is 2. The average Bonchev–Trinajstić information content (AvgIpc) is 2.38. The summed E-state index contributed by atoms with van der Waals surface area (Å²) in [6.45, 7) is 2.98. The molecule has 0 aliphatic rings. The Balaban J connectivity index is 2.47. The fourth-order valence-electron chi connectivity index (χ4n) is 1.49. The number of methoxy groups -OCH3 is 1. The summed E-state index contributed by atoms with van der Waals surface area (Å²) in [5.74, 6) is -0.0906. The number of carbonyl (C=O) groups excluding carboxylic acids is 1. The minimum absolute atomic E-state index is 0.0906. The molecule has 19 heavy (non-hydrogen) atoms. The fourth-order valence-corrected chi connectivity index (χ4v) is 1.83. The van der Waals surface area contributed by atoms with Crippen molar-refractivity contribution in [3.63, 3.8) is 0 Å². The SMILES string of the molecule is COCCCNC(=O)C(C)Nc1cc(Cl)ccc1Cl. The molecule has 0 saturated carbocycles. The number of hydrogen-bond acceptors (Lipinski definition) is 3. The molecular formula is C13H18Cl2N2O2. The molecule has 1 aromatic carbocycles. The topological polar surface area (TPSA) is 50.4 Å². The highest BCUT2D eigenvalue weighted by Crippen LogP contribution is 2.25. The first-order chi connectivity index (χ1) is 9.04. The zero-order valence-corrected chi connectivity index (χ0v) is 12.5. The van der Waals surface area contributed by atoms with Crippen LogP contribution < -0.4 is 10.6 Å². The third-order valence-corrected chi connectivity index (χ3v) is 3.08. The van der Waals surface area contributed by atoms with E-state index < -0.39 is 6.04 Å². The lowest BCUT2D eigenvalue weighted by molar-refractivity contribution is -0.121. The first-order valence-electron chi connectivity index (χ1n) is 6.03. The van der Waals surface area contributed by atoms with E-state index in [1.807, 2.05) is 0 Å². The summed E-state index contributed by atoms with van der Waals surface area (Å²) in [6.07, 6.45) is 0.785. The molecule has 0 radical (unpaired) electrons. The fraction of sp³-hybridized carbons (Fsp3) is 0.462. The molecule has 4 nitrogen and oxygen atoms in total. The Morgan fingerprint density at radius 1 is 1.42 bits per heavy atom. The van der Waals surface area contributed by atoms with E-state index in [1.165, 1.54) is 0 Å². The summed E-state index contributed by atoms with van der Waals surface area (Å²) in [7, 11) is 1.63. The van der Waals surface area contributed by atoms with Crippen LogP contribution in [-0.4, -0.2) is 32.2 Å². The van der Waals surface area contributed by atoms with Gasteiger partial charge in [-0.1, -0.05) is 23.2 Å². The Morgan fingerprint density at radius 3 is 2.84 bits per heavy atom. The molecule has 0 aliphatic carbocycles. The second kappa shape index (κ2) is 8.25. The van der Waals surface area contributed by atoms with Gasteiger partial charge in [0.25, 0.3) is 0 Å². The van der Waals surface area contributed by atoms with Gasteiger partial charge >= 0.3 is 0 Å². The third kappa shape index (κ3) is 5.68. The first kappa shape index (κ1) is 16.1.